The van der Waals surface area contributed by atoms with Crippen LogP contribution in [-0.2, 0) is 28.6 Å². The van der Waals surface area contributed by atoms with Gasteiger partial charge in [0.25, 0.3) is 0 Å². The lowest BCUT2D eigenvalue weighted by molar-refractivity contribution is -0.174. The molecule has 1 aliphatic rings. The lowest BCUT2D eigenvalue weighted by atomic mass is 9.90. The van der Waals surface area contributed by atoms with Crippen LogP contribution in [0.2, 0.25) is 0 Å². The number of carbonyl (C=O) groups is 3. The fourth-order valence-corrected chi connectivity index (χ4v) is 2.68. The highest BCUT2D eigenvalue weighted by Gasteiger charge is 2.41. The van der Waals surface area contributed by atoms with Crippen molar-refractivity contribution in [1.82, 2.24) is 0 Å². The van der Waals surface area contributed by atoms with Crippen LogP contribution in [-0.4, -0.2) is 42.3 Å². The standard InChI is InChI=1S/C14H21N3O6/c1-8(18)21-11-6-4-5-7-12(22-9(2)19)14(23-10(3)20)13(11)16-17-15/h11-14H,4-7H2,1-3H3/t11-,12+,13+,14+/m1/s1. The molecule has 0 spiro atoms. The number of rotatable bonds is 4. The first-order valence-electron chi connectivity index (χ1n) is 7.41. The van der Waals surface area contributed by atoms with Gasteiger partial charge in [0.15, 0.2) is 6.10 Å². The molecular weight excluding hydrogens is 306 g/mol. The van der Waals surface area contributed by atoms with Gasteiger partial charge in [-0.2, -0.15) is 0 Å². The highest BCUT2D eigenvalue weighted by Crippen LogP contribution is 2.28. The molecule has 0 amide bonds. The monoisotopic (exact) mass is 327 g/mol. The van der Waals surface area contributed by atoms with E-state index in [4.69, 9.17) is 19.7 Å². The topological polar surface area (TPSA) is 128 Å². The Morgan fingerprint density at radius 3 is 1.87 bits per heavy atom. The van der Waals surface area contributed by atoms with Gasteiger partial charge in [-0.05, 0) is 31.2 Å². The van der Waals surface area contributed by atoms with E-state index in [0.717, 1.165) is 0 Å². The SMILES string of the molecule is CC(=O)O[C@@H]1[C@@H](N=[N+]=[N-])[C@H](OC(C)=O)CCCC[C@@H]1OC(C)=O. The van der Waals surface area contributed by atoms with Crippen LogP contribution in [0.3, 0.4) is 0 Å². The van der Waals surface area contributed by atoms with Crippen molar-refractivity contribution in [2.45, 2.75) is 70.8 Å². The molecule has 9 nitrogen and oxygen atoms in total. The third-order valence-corrected chi connectivity index (χ3v) is 3.43. The first-order valence-corrected chi connectivity index (χ1v) is 7.41. The van der Waals surface area contributed by atoms with E-state index in [-0.39, 0.29) is 0 Å². The molecule has 0 bridgehead atoms. The van der Waals surface area contributed by atoms with Gasteiger partial charge in [-0.25, -0.2) is 0 Å². The highest BCUT2D eigenvalue weighted by molar-refractivity contribution is 5.68. The average molecular weight is 327 g/mol. The minimum absolute atomic E-state index is 0.460. The predicted octanol–water partition coefficient (Wildman–Crippen LogP) is 2.03. The van der Waals surface area contributed by atoms with E-state index in [1.54, 1.807) is 0 Å². The van der Waals surface area contributed by atoms with Gasteiger partial charge in [0.2, 0.25) is 0 Å². The Labute approximate surface area is 133 Å². The van der Waals surface area contributed by atoms with Crippen LogP contribution in [0.4, 0.5) is 0 Å². The minimum Gasteiger partial charge on any atom is -0.462 e. The van der Waals surface area contributed by atoms with Crippen molar-refractivity contribution in [3.05, 3.63) is 10.4 Å². The Morgan fingerprint density at radius 1 is 0.913 bits per heavy atom. The molecule has 0 aliphatic heterocycles. The van der Waals surface area contributed by atoms with Crippen molar-refractivity contribution in [1.29, 1.82) is 0 Å². The molecular formula is C14H21N3O6. The lowest BCUT2D eigenvalue weighted by Gasteiger charge is -2.35. The van der Waals surface area contributed by atoms with Crippen molar-refractivity contribution in [3.8, 4) is 0 Å². The van der Waals surface area contributed by atoms with Crippen molar-refractivity contribution in [3.63, 3.8) is 0 Å². The molecule has 0 saturated heterocycles. The minimum atomic E-state index is -1.00. The molecule has 0 aromatic heterocycles. The van der Waals surface area contributed by atoms with Crippen LogP contribution >= 0.6 is 0 Å². The molecule has 23 heavy (non-hydrogen) atoms. The zero-order chi connectivity index (χ0) is 17.4. The molecule has 0 heterocycles. The third kappa shape index (κ3) is 6.15. The summed E-state index contributed by atoms with van der Waals surface area (Å²) >= 11 is 0. The lowest BCUT2D eigenvalue weighted by Crippen LogP contribution is -2.49. The molecule has 0 unspecified atom stereocenters. The summed E-state index contributed by atoms with van der Waals surface area (Å²) in [4.78, 5) is 36.8. The van der Waals surface area contributed by atoms with Crippen molar-refractivity contribution >= 4 is 17.9 Å². The molecule has 0 N–H and O–H groups in total. The summed E-state index contributed by atoms with van der Waals surface area (Å²) in [6, 6.07) is -0.961. The largest absolute Gasteiger partial charge is 0.462 e. The van der Waals surface area contributed by atoms with E-state index in [2.05, 4.69) is 10.0 Å². The highest BCUT2D eigenvalue weighted by atomic mass is 16.6. The Bertz CT molecular complexity index is 503. The molecule has 9 heteroatoms. The quantitative estimate of drug-likeness (QED) is 0.255. The predicted molar refractivity (Wildman–Crippen MR) is 78.1 cm³/mol. The summed E-state index contributed by atoms with van der Waals surface area (Å²) in [6.07, 6.45) is -0.195. The van der Waals surface area contributed by atoms with Crippen LogP contribution in [0.1, 0.15) is 46.5 Å². The normalized spacial score (nSPS) is 27.6. The van der Waals surface area contributed by atoms with Gasteiger partial charge >= 0.3 is 17.9 Å². The smallest absolute Gasteiger partial charge is 0.303 e. The molecule has 1 fully saturated rings. The second kappa shape index (κ2) is 8.99. The fourth-order valence-electron chi connectivity index (χ4n) is 2.68. The van der Waals surface area contributed by atoms with Gasteiger partial charge in [0.05, 0.1) is 0 Å². The van der Waals surface area contributed by atoms with Crippen LogP contribution in [0, 0.1) is 0 Å². The number of nitrogens with zero attached hydrogens (tertiary/aromatic N) is 3. The molecule has 0 radical (unpaired) electrons. The zero-order valence-electron chi connectivity index (χ0n) is 13.4. The number of azide groups is 1. The number of hydrogen-bond donors (Lipinski definition) is 0. The number of hydrogen-bond acceptors (Lipinski definition) is 7. The van der Waals surface area contributed by atoms with Crippen LogP contribution in [0.25, 0.3) is 10.4 Å². The van der Waals surface area contributed by atoms with Crippen molar-refractivity contribution in [2.24, 2.45) is 5.11 Å². The second-order valence-electron chi connectivity index (χ2n) is 5.35. The maximum absolute atomic E-state index is 11.4. The summed E-state index contributed by atoms with van der Waals surface area (Å²) < 4.78 is 15.7. The summed E-state index contributed by atoms with van der Waals surface area (Å²) in [7, 11) is 0. The van der Waals surface area contributed by atoms with Crippen molar-refractivity contribution < 1.29 is 28.6 Å². The van der Waals surface area contributed by atoms with Crippen LogP contribution < -0.4 is 0 Å². The van der Waals surface area contributed by atoms with Gasteiger partial charge in [-0.3, -0.25) is 14.4 Å². The van der Waals surface area contributed by atoms with Crippen LogP contribution in [0.15, 0.2) is 5.11 Å². The zero-order valence-corrected chi connectivity index (χ0v) is 13.4. The van der Waals surface area contributed by atoms with Gasteiger partial charge in [0.1, 0.15) is 18.2 Å². The van der Waals surface area contributed by atoms with Crippen LogP contribution in [0.5, 0.6) is 0 Å². The number of esters is 3. The van der Waals surface area contributed by atoms with Gasteiger partial charge in [-0.1, -0.05) is 5.11 Å². The summed E-state index contributed by atoms with van der Waals surface area (Å²) in [5.41, 5.74) is 8.82. The average Bonchev–Trinajstić information content (AvgIpc) is 2.42. The van der Waals surface area contributed by atoms with Crippen molar-refractivity contribution in [2.75, 3.05) is 0 Å². The van der Waals surface area contributed by atoms with Gasteiger partial charge < -0.3 is 14.2 Å². The Morgan fingerprint density at radius 2 is 1.39 bits per heavy atom. The number of ether oxygens (including phenoxy) is 3. The Kier molecular flexibility index (Phi) is 7.34. The van der Waals surface area contributed by atoms with E-state index < -0.39 is 42.3 Å². The molecule has 0 aromatic carbocycles. The summed E-state index contributed by atoms with van der Waals surface area (Å²) in [5, 5.41) is 3.65. The van der Waals surface area contributed by atoms with E-state index in [0.29, 0.717) is 25.7 Å². The second-order valence-corrected chi connectivity index (χ2v) is 5.35. The third-order valence-electron chi connectivity index (χ3n) is 3.43. The maximum Gasteiger partial charge on any atom is 0.303 e. The molecule has 128 valence electrons. The maximum atomic E-state index is 11.4. The van der Waals surface area contributed by atoms with E-state index in [1.165, 1.54) is 20.8 Å². The number of carbonyl (C=O) groups excluding carboxylic acids is 3. The molecule has 4 atom stereocenters. The Balaban J connectivity index is 3.18. The summed E-state index contributed by atoms with van der Waals surface area (Å²) in [6.45, 7) is 3.70. The molecule has 1 rings (SSSR count). The van der Waals surface area contributed by atoms with E-state index >= 15 is 0 Å². The molecule has 1 saturated carbocycles. The first-order chi connectivity index (χ1) is 10.8. The van der Waals surface area contributed by atoms with E-state index in [9.17, 15) is 14.4 Å². The fraction of sp³-hybridized carbons (Fsp3) is 0.786. The molecule has 0 aromatic rings. The molecule has 1 aliphatic carbocycles. The van der Waals surface area contributed by atoms with E-state index in [1.807, 2.05) is 0 Å². The first kappa shape index (κ1) is 18.8. The van der Waals surface area contributed by atoms with Gasteiger partial charge in [-0.15, -0.1) is 0 Å². The van der Waals surface area contributed by atoms with Gasteiger partial charge in [0, 0.05) is 25.7 Å². The summed E-state index contributed by atoms with van der Waals surface area (Å²) in [5.74, 6) is -1.66. The Hall–Kier alpha value is -2.28.